The fraction of sp³-hybridized carbons (Fsp3) is 0.600. The van der Waals surface area contributed by atoms with Crippen LogP contribution in [-0.2, 0) is 4.74 Å². The highest BCUT2D eigenvalue weighted by molar-refractivity contribution is 7.17. The average molecular weight is 277 g/mol. The van der Waals surface area contributed by atoms with Gasteiger partial charge in [-0.1, -0.05) is 22.9 Å². The molecule has 2 unspecified atom stereocenters. The maximum absolute atomic E-state index is 10.7. The van der Waals surface area contributed by atoms with E-state index in [-0.39, 0.29) is 23.9 Å². The van der Waals surface area contributed by atoms with E-state index in [0.717, 1.165) is 0 Å². The fourth-order valence-electron chi connectivity index (χ4n) is 1.69. The summed E-state index contributed by atoms with van der Waals surface area (Å²) < 4.78 is 5.44. The third-order valence-electron chi connectivity index (χ3n) is 2.66. The molecule has 0 amide bonds. The Kier molecular flexibility index (Phi) is 3.98. The highest BCUT2D eigenvalue weighted by Gasteiger charge is 2.28. The van der Waals surface area contributed by atoms with Gasteiger partial charge in [0, 0.05) is 6.54 Å². The van der Waals surface area contributed by atoms with Crippen molar-refractivity contribution in [2.24, 2.45) is 0 Å². The summed E-state index contributed by atoms with van der Waals surface area (Å²) in [5.41, 5.74) is 0. The fourth-order valence-corrected chi connectivity index (χ4v) is 2.87. The minimum Gasteiger partial charge on any atom is -0.394 e. The Hall–Kier alpha value is -0.690. The van der Waals surface area contributed by atoms with Crippen molar-refractivity contribution in [1.82, 2.24) is 4.98 Å². The van der Waals surface area contributed by atoms with Gasteiger partial charge >= 0.3 is 0 Å². The van der Waals surface area contributed by atoms with Gasteiger partial charge in [0.05, 0.1) is 25.4 Å². The number of aliphatic hydroxyl groups excluding tert-OH is 1. The molecule has 1 fully saturated rings. The molecule has 0 aromatic carbocycles. The molecule has 5 nitrogen and oxygen atoms in total. The summed E-state index contributed by atoms with van der Waals surface area (Å²) in [6.45, 7) is 3.06. The van der Waals surface area contributed by atoms with Crippen LogP contribution in [0.25, 0.3) is 0 Å². The molecule has 94 valence electrons. The van der Waals surface area contributed by atoms with E-state index in [0.29, 0.717) is 29.4 Å². The number of anilines is 1. The molecule has 2 atom stereocenters. The zero-order valence-electron chi connectivity index (χ0n) is 9.30. The summed E-state index contributed by atoms with van der Waals surface area (Å²) in [7, 11) is 0. The zero-order chi connectivity index (χ0) is 12.4. The summed E-state index contributed by atoms with van der Waals surface area (Å²) in [6.07, 6.45) is 0.492. The van der Waals surface area contributed by atoms with Crippen LogP contribution in [0, 0.1) is 0 Å². The molecule has 1 aromatic rings. The summed E-state index contributed by atoms with van der Waals surface area (Å²) in [5, 5.41) is 10.0. The lowest BCUT2D eigenvalue weighted by molar-refractivity contribution is -0.0103. The minimum atomic E-state index is -0.214. The van der Waals surface area contributed by atoms with Crippen LogP contribution in [0.4, 0.5) is 5.13 Å². The van der Waals surface area contributed by atoms with Gasteiger partial charge in [0.2, 0.25) is 0 Å². The SMILES string of the molecule is CC1COC(CO)CN1c1nc(Cl)c(C=O)s1. The Bertz CT molecular complexity index is 412. The van der Waals surface area contributed by atoms with Crippen molar-refractivity contribution in [3.8, 4) is 0 Å². The maximum atomic E-state index is 10.7. The smallest absolute Gasteiger partial charge is 0.187 e. The minimum absolute atomic E-state index is 0.0249. The van der Waals surface area contributed by atoms with Crippen LogP contribution in [0.1, 0.15) is 16.6 Å². The number of morpholine rings is 1. The Morgan fingerprint density at radius 3 is 3.12 bits per heavy atom. The molecule has 1 saturated heterocycles. The number of hydrogen-bond acceptors (Lipinski definition) is 6. The topological polar surface area (TPSA) is 62.7 Å². The number of carbonyl (C=O) groups is 1. The van der Waals surface area contributed by atoms with Crippen molar-refractivity contribution >= 4 is 34.4 Å². The lowest BCUT2D eigenvalue weighted by atomic mass is 10.2. The summed E-state index contributed by atoms with van der Waals surface area (Å²) in [5.74, 6) is 0. The normalized spacial score (nSPS) is 25.0. The number of nitrogens with zero attached hydrogens (tertiary/aromatic N) is 2. The molecule has 2 heterocycles. The number of aliphatic hydroxyl groups is 1. The summed E-state index contributed by atoms with van der Waals surface area (Å²) >= 11 is 7.10. The highest BCUT2D eigenvalue weighted by atomic mass is 35.5. The van der Waals surface area contributed by atoms with Gasteiger partial charge in [-0.3, -0.25) is 4.79 Å². The van der Waals surface area contributed by atoms with Crippen molar-refractivity contribution < 1.29 is 14.6 Å². The zero-order valence-corrected chi connectivity index (χ0v) is 10.9. The number of thiazole rings is 1. The first-order valence-electron chi connectivity index (χ1n) is 5.26. The van der Waals surface area contributed by atoms with Gasteiger partial charge in [-0.25, -0.2) is 4.98 Å². The molecular formula is C10H13ClN2O3S. The molecule has 0 radical (unpaired) electrons. The van der Waals surface area contributed by atoms with E-state index in [1.165, 1.54) is 11.3 Å². The van der Waals surface area contributed by atoms with Crippen molar-refractivity contribution in [2.75, 3.05) is 24.7 Å². The second kappa shape index (κ2) is 5.30. The molecule has 1 aliphatic heterocycles. The highest BCUT2D eigenvalue weighted by Crippen LogP contribution is 2.31. The number of aromatic nitrogens is 1. The van der Waals surface area contributed by atoms with Gasteiger partial charge in [0.1, 0.15) is 4.88 Å². The van der Waals surface area contributed by atoms with Crippen molar-refractivity contribution in [3.05, 3.63) is 10.0 Å². The van der Waals surface area contributed by atoms with E-state index in [1.807, 2.05) is 11.8 Å². The predicted octanol–water partition coefficient (Wildman–Crippen LogP) is 1.19. The van der Waals surface area contributed by atoms with Crippen molar-refractivity contribution in [2.45, 2.75) is 19.1 Å². The number of hydrogen-bond donors (Lipinski definition) is 1. The van der Waals surface area contributed by atoms with E-state index >= 15 is 0 Å². The Balaban J connectivity index is 2.21. The number of carbonyl (C=O) groups excluding carboxylic acids is 1. The van der Waals surface area contributed by atoms with Crippen LogP contribution in [0.5, 0.6) is 0 Å². The van der Waals surface area contributed by atoms with Gasteiger partial charge in [-0.05, 0) is 6.92 Å². The van der Waals surface area contributed by atoms with Crippen LogP contribution < -0.4 is 4.90 Å². The molecule has 7 heteroatoms. The van der Waals surface area contributed by atoms with Gasteiger partial charge in [-0.15, -0.1) is 0 Å². The molecule has 17 heavy (non-hydrogen) atoms. The van der Waals surface area contributed by atoms with Crippen LogP contribution >= 0.6 is 22.9 Å². The third-order valence-corrected chi connectivity index (χ3v) is 4.08. The third kappa shape index (κ3) is 2.60. The van der Waals surface area contributed by atoms with Crippen LogP contribution in [0.15, 0.2) is 0 Å². The molecule has 1 aliphatic rings. The van der Waals surface area contributed by atoms with E-state index in [2.05, 4.69) is 4.98 Å². The van der Waals surface area contributed by atoms with Crippen LogP contribution in [0.3, 0.4) is 0 Å². The van der Waals surface area contributed by atoms with Crippen LogP contribution in [-0.4, -0.2) is 48.3 Å². The van der Waals surface area contributed by atoms with Gasteiger partial charge in [0.15, 0.2) is 16.6 Å². The molecular weight excluding hydrogens is 264 g/mol. The van der Waals surface area contributed by atoms with E-state index in [1.54, 1.807) is 0 Å². The Morgan fingerprint density at radius 2 is 2.53 bits per heavy atom. The first-order valence-corrected chi connectivity index (χ1v) is 6.45. The molecule has 2 rings (SSSR count). The number of halogens is 1. The van der Waals surface area contributed by atoms with E-state index in [4.69, 9.17) is 21.4 Å². The lowest BCUT2D eigenvalue weighted by Crippen LogP contribution is -2.49. The van der Waals surface area contributed by atoms with Crippen molar-refractivity contribution in [1.29, 1.82) is 0 Å². The van der Waals surface area contributed by atoms with Gasteiger partial charge in [-0.2, -0.15) is 0 Å². The quantitative estimate of drug-likeness (QED) is 0.841. The Labute approximate surface area is 108 Å². The van der Waals surface area contributed by atoms with Gasteiger partial charge < -0.3 is 14.7 Å². The summed E-state index contributed by atoms with van der Waals surface area (Å²) in [4.78, 5) is 17.3. The van der Waals surface area contributed by atoms with E-state index < -0.39 is 0 Å². The monoisotopic (exact) mass is 276 g/mol. The maximum Gasteiger partial charge on any atom is 0.187 e. The first-order chi connectivity index (χ1) is 8.15. The number of rotatable bonds is 3. The molecule has 0 spiro atoms. The van der Waals surface area contributed by atoms with Gasteiger partial charge in [0.25, 0.3) is 0 Å². The average Bonchev–Trinajstić information content (AvgIpc) is 2.71. The summed E-state index contributed by atoms with van der Waals surface area (Å²) in [6, 6.07) is 0.152. The molecule has 1 N–H and O–H groups in total. The lowest BCUT2D eigenvalue weighted by Gasteiger charge is -2.37. The Morgan fingerprint density at radius 1 is 1.76 bits per heavy atom. The first kappa shape index (κ1) is 12.8. The predicted molar refractivity (Wildman–Crippen MR) is 66.1 cm³/mol. The molecule has 1 aromatic heterocycles. The molecule has 0 saturated carbocycles. The van der Waals surface area contributed by atoms with E-state index in [9.17, 15) is 4.79 Å². The number of aldehydes is 1. The second-order valence-corrected chi connectivity index (χ2v) is 5.28. The molecule has 0 bridgehead atoms. The number of ether oxygens (including phenoxy) is 1. The van der Waals surface area contributed by atoms with Crippen LogP contribution in [0.2, 0.25) is 5.15 Å². The second-order valence-electron chi connectivity index (χ2n) is 3.91. The standard InChI is InChI=1S/C10H13ClN2O3S/c1-6-5-16-7(3-14)2-13(6)10-12-9(11)8(4-15)17-10/h4,6-7,14H,2-3,5H2,1H3. The molecule has 0 aliphatic carbocycles. The largest absolute Gasteiger partial charge is 0.394 e. The van der Waals surface area contributed by atoms with Crippen molar-refractivity contribution in [3.63, 3.8) is 0 Å².